The van der Waals surface area contributed by atoms with Gasteiger partial charge in [-0.05, 0) is 24.6 Å². The Labute approximate surface area is 118 Å². The summed E-state index contributed by atoms with van der Waals surface area (Å²) in [6, 6.07) is 8.14. The first-order chi connectivity index (χ1) is 9.38. The maximum absolute atomic E-state index is 8.60. The van der Waals surface area contributed by atoms with Crippen molar-refractivity contribution in [2.45, 2.75) is 13.5 Å². The Morgan fingerprint density at radius 3 is 2.30 bits per heavy atom. The van der Waals surface area contributed by atoms with E-state index in [-0.39, 0.29) is 0 Å². The molecule has 0 radical (unpaired) electrons. The van der Waals surface area contributed by atoms with E-state index in [1.54, 1.807) is 6.20 Å². The van der Waals surface area contributed by atoms with E-state index in [2.05, 4.69) is 17.1 Å². The van der Waals surface area contributed by atoms with Crippen LogP contribution in [0, 0.1) is 10.2 Å². The van der Waals surface area contributed by atoms with Crippen molar-refractivity contribution in [3.8, 4) is 5.75 Å². The second-order valence-corrected chi connectivity index (χ2v) is 4.50. The van der Waals surface area contributed by atoms with E-state index >= 15 is 0 Å². The van der Waals surface area contributed by atoms with E-state index in [0.29, 0.717) is 6.61 Å². The van der Waals surface area contributed by atoms with Crippen LogP contribution in [-0.2, 0) is 6.54 Å². The van der Waals surface area contributed by atoms with E-state index in [9.17, 15) is 0 Å². The lowest BCUT2D eigenvalue weighted by Gasteiger charge is -2.05. The van der Waals surface area contributed by atoms with Crippen molar-refractivity contribution in [2.24, 2.45) is 0 Å². The van der Waals surface area contributed by atoms with Crippen LogP contribution in [0.5, 0.6) is 5.75 Å². The molecule has 0 aliphatic heterocycles. The smallest absolute Gasteiger partial charge is 0.119 e. The van der Waals surface area contributed by atoms with Crippen LogP contribution in [0.3, 0.4) is 0 Å². The topological polar surface area (TPSA) is 116 Å². The van der Waals surface area contributed by atoms with Crippen LogP contribution < -0.4 is 18.7 Å². The van der Waals surface area contributed by atoms with Gasteiger partial charge in [-0.3, -0.25) is 0 Å². The zero-order valence-electron chi connectivity index (χ0n) is 10.8. The predicted molar refractivity (Wildman–Crippen MR) is 61.2 cm³/mol. The third-order valence-corrected chi connectivity index (χ3v) is 2.16. The summed E-state index contributed by atoms with van der Waals surface area (Å²) in [6.45, 7) is 3.55. The number of hydrogen-bond donors (Lipinski definition) is 1. The zero-order chi connectivity index (χ0) is 15.0. The van der Waals surface area contributed by atoms with Crippen molar-refractivity contribution in [1.82, 2.24) is 9.55 Å². The van der Waals surface area contributed by atoms with Gasteiger partial charge >= 0.3 is 0 Å². The summed E-state index contributed by atoms with van der Waals surface area (Å²) < 4.78 is 40.1. The van der Waals surface area contributed by atoms with Crippen molar-refractivity contribution in [1.29, 1.82) is 0 Å². The van der Waals surface area contributed by atoms with Crippen LogP contribution in [0.4, 0.5) is 0 Å². The summed E-state index contributed by atoms with van der Waals surface area (Å²) in [4.78, 5) is 4.00. The summed E-state index contributed by atoms with van der Waals surface area (Å²) >= 11 is 0. The maximum Gasteiger partial charge on any atom is 0.119 e. The zero-order valence-corrected chi connectivity index (χ0v) is 11.6. The molecule has 8 heteroatoms. The molecule has 2 aromatic rings. The largest absolute Gasteiger partial charge is 0.494 e. The Morgan fingerprint density at radius 2 is 1.85 bits per heavy atom. The third-order valence-electron chi connectivity index (χ3n) is 2.16. The number of rotatable bonds is 4. The van der Waals surface area contributed by atoms with Gasteiger partial charge in [0.1, 0.15) is 5.75 Å². The van der Waals surface area contributed by atoms with Crippen molar-refractivity contribution >= 4 is 0 Å². The highest BCUT2D eigenvalue weighted by Gasteiger charge is 1.99. The Kier molecular flexibility index (Phi) is 6.43. The Hall–Kier alpha value is -1.64. The SMILES string of the molecule is CCOc1ccc(Cn2ccnc2)cc1.[O-][Cl+3]([O-])([O-])O. The molecule has 2 rings (SSSR count). The van der Waals surface area contributed by atoms with Crippen LogP contribution in [-0.4, -0.2) is 20.8 Å². The van der Waals surface area contributed by atoms with E-state index in [1.165, 1.54) is 5.56 Å². The molecule has 0 fully saturated rings. The van der Waals surface area contributed by atoms with E-state index in [1.807, 2.05) is 36.1 Å². The average molecular weight is 303 g/mol. The van der Waals surface area contributed by atoms with Gasteiger partial charge in [0, 0.05) is 18.9 Å². The van der Waals surface area contributed by atoms with Crippen LogP contribution in [0.25, 0.3) is 0 Å². The molecule has 0 saturated carbocycles. The van der Waals surface area contributed by atoms with Crippen molar-refractivity contribution in [3.05, 3.63) is 48.5 Å². The highest BCUT2D eigenvalue weighted by atomic mass is 35.7. The molecular weight excluding hydrogens is 288 g/mol. The molecule has 1 heterocycles. The minimum Gasteiger partial charge on any atom is -0.494 e. The molecule has 1 aromatic carbocycles. The minimum atomic E-state index is -4.69. The monoisotopic (exact) mass is 302 g/mol. The van der Waals surface area contributed by atoms with Crippen LogP contribution in [0.15, 0.2) is 43.0 Å². The summed E-state index contributed by atoms with van der Waals surface area (Å²) in [5.41, 5.74) is 1.25. The summed E-state index contributed by atoms with van der Waals surface area (Å²) in [7, 11) is -4.69. The lowest BCUT2D eigenvalue weighted by Crippen LogP contribution is -2.58. The highest BCUT2D eigenvalue weighted by molar-refractivity contribution is 5.27. The number of nitrogens with zero attached hydrogens (tertiary/aromatic N) is 2. The number of hydrogen-bond acceptors (Lipinski definition) is 6. The van der Waals surface area contributed by atoms with Crippen molar-refractivity contribution in [2.75, 3.05) is 6.61 Å². The standard InChI is InChI=1S/C12H14N2O.ClHO4/c1-2-15-12-5-3-11(4-6-12)9-14-8-7-13-10-14;2-1(3,4)5/h3-8,10H,2,9H2,1H3;(H,2,3,4,5). The van der Waals surface area contributed by atoms with Crippen LogP contribution in [0.1, 0.15) is 12.5 Å². The molecule has 1 aromatic heterocycles. The summed E-state index contributed by atoms with van der Waals surface area (Å²) in [6.07, 6.45) is 5.56. The molecule has 0 saturated heterocycles. The quantitative estimate of drug-likeness (QED) is 0.712. The maximum atomic E-state index is 8.60. The van der Waals surface area contributed by atoms with E-state index < -0.39 is 10.2 Å². The third kappa shape index (κ3) is 7.72. The van der Waals surface area contributed by atoms with Crippen LogP contribution >= 0.6 is 0 Å². The average Bonchev–Trinajstić information content (AvgIpc) is 2.83. The first-order valence-electron chi connectivity index (χ1n) is 5.69. The first-order valence-corrected chi connectivity index (χ1v) is 6.95. The molecule has 0 aliphatic rings. The van der Waals surface area contributed by atoms with E-state index in [4.69, 9.17) is 23.4 Å². The summed E-state index contributed by atoms with van der Waals surface area (Å²) in [5, 5.41) is 0. The van der Waals surface area contributed by atoms with Crippen LogP contribution in [0.2, 0.25) is 0 Å². The second-order valence-electron chi connectivity index (χ2n) is 3.71. The number of imidazole rings is 1. The molecule has 0 amide bonds. The molecule has 20 heavy (non-hydrogen) atoms. The molecule has 0 atom stereocenters. The number of halogens is 1. The Balaban J connectivity index is 0.000000347. The van der Waals surface area contributed by atoms with Gasteiger partial charge < -0.3 is 9.30 Å². The van der Waals surface area contributed by atoms with Gasteiger partial charge in [-0.25, -0.2) is 4.98 Å². The molecule has 0 bridgehead atoms. The molecule has 7 nitrogen and oxygen atoms in total. The van der Waals surface area contributed by atoms with Gasteiger partial charge in [-0.15, -0.1) is 0 Å². The van der Waals surface area contributed by atoms with Crippen molar-refractivity contribution in [3.63, 3.8) is 0 Å². The van der Waals surface area contributed by atoms with Gasteiger partial charge in [-0.1, -0.05) is 12.1 Å². The molecular formula is C12H15ClN2O5. The lowest BCUT2D eigenvalue weighted by molar-refractivity contribution is -1.92. The van der Waals surface area contributed by atoms with Gasteiger partial charge in [-0.2, -0.15) is 14.0 Å². The van der Waals surface area contributed by atoms with Gasteiger partial charge in [0.25, 0.3) is 0 Å². The lowest BCUT2D eigenvalue weighted by atomic mass is 10.2. The fourth-order valence-electron chi connectivity index (χ4n) is 1.45. The fourth-order valence-corrected chi connectivity index (χ4v) is 1.45. The summed E-state index contributed by atoms with van der Waals surface area (Å²) in [5.74, 6) is 0.923. The Morgan fingerprint density at radius 1 is 1.25 bits per heavy atom. The molecule has 110 valence electrons. The molecule has 0 aliphatic carbocycles. The molecule has 1 N–H and O–H groups in total. The Bertz CT molecular complexity index is 476. The molecule has 0 spiro atoms. The molecule has 0 unspecified atom stereocenters. The van der Waals surface area contributed by atoms with Gasteiger partial charge in [0.05, 0.1) is 27.8 Å². The second kappa shape index (κ2) is 7.83. The predicted octanol–water partition coefficient (Wildman–Crippen LogP) is -1.79. The first kappa shape index (κ1) is 16.4. The van der Waals surface area contributed by atoms with Crippen molar-refractivity contribution < 1.29 is 33.6 Å². The van der Waals surface area contributed by atoms with Gasteiger partial charge in [0.15, 0.2) is 0 Å². The van der Waals surface area contributed by atoms with Gasteiger partial charge in [0.2, 0.25) is 0 Å². The highest BCUT2D eigenvalue weighted by Crippen LogP contribution is 2.12. The normalized spacial score (nSPS) is 10.7. The number of benzene rings is 1. The number of aromatic nitrogens is 2. The minimum absolute atomic E-state index is 0.709. The fraction of sp³-hybridized carbons (Fsp3) is 0.250. The number of ether oxygens (including phenoxy) is 1. The van der Waals surface area contributed by atoms with E-state index in [0.717, 1.165) is 12.3 Å².